The highest BCUT2D eigenvalue weighted by Crippen LogP contribution is 2.22. The first-order valence-electron chi connectivity index (χ1n) is 10.8. The average molecular weight is 416 g/mol. The van der Waals surface area contributed by atoms with Crippen LogP contribution in [0.2, 0.25) is 0 Å². The Morgan fingerprint density at radius 2 is 1.61 bits per heavy atom. The molecule has 1 N–H and O–H groups in total. The molecule has 0 saturated carbocycles. The van der Waals surface area contributed by atoms with Gasteiger partial charge in [-0.05, 0) is 48.2 Å². The van der Waals surface area contributed by atoms with Crippen molar-refractivity contribution in [1.82, 2.24) is 15.1 Å². The summed E-state index contributed by atoms with van der Waals surface area (Å²) in [6, 6.07) is 20.2. The summed E-state index contributed by atoms with van der Waals surface area (Å²) in [6.07, 6.45) is 0. The normalized spacial score (nSPS) is 14.1. The number of carbonyl (C=O) groups excluding carboxylic acids is 1. The maximum atomic E-state index is 12.6. The number of hydrogen-bond donors (Lipinski definition) is 1. The second kappa shape index (κ2) is 9.16. The molecule has 1 fully saturated rings. The SMILES string of the molecule is Cc1ccccc1-c1ccc(N2CCN(C(=O)Nc3ccc(C(C)C)cc3)CC2)nn1. The third kappa shape index (κ3) is 4.85. The zero-order chi connectivity index (χ0) is 21.8. The van der Waals surface area contributed by atoms with Crippen molar-refractivity contribution < 1.29 is 4.79 Å². The van der Waals surface area contributed by atoms with Crippen molar-refractivity contribution in [3.63, 3.8) is 0 Å². The van der Waals surface area contributed by atoms with E-state index in [0.29, 0.717) is 19.0 Å². The summed E-state index contributed by atoms with van der Waals surface area (Å²) in [5.74, 6) is 1.33. The van der Waals surface area contributed by atoms with Crippen LogP contribution in [0.5, 0.6) is 0 Å². The Bertz CT molecular complexity index is 1020. The van der Waals surface area contributed by atoms with E-state index in [0.717, 1.165) is 35.9 Å². The van der Waals surface area contributed by atoms with Crippen LogP contribution in [0, 0.1) is 6.92 Å². The van der Waals surface area contributed by atoms with E-state index < -0.39 is 0 Å². The molecule has 6 heteroatoms. The maximum Gasteiger partial charge on any atom is 0.321 e. The van der Waals surface area contributed by atoms with E-state index in [2.05, 4.69) is 65.5 Å². The first-order chi connectivity index (χ1) is 15.0. The van der Waals surface area contributed by atoms with Crippen molar-refractivity contribution in [1.29, 1.82) is 0 Å². The highest BCUT2D eigenvalue weighted by molar-refractivity contribution is 5.89. The molecule has 0 radical (unpaired) electrons. The van der Waals surface area contributed by atoms with E-state index in [1.54, 1.807) is 0 Å². The van der Waals surface area contributed by atoms with E-state index >= 15 is 0 Å². The van der Waals surface area contributed by atoms with Gasteiger partial charge in [0, 0.05) is 37.4 Å². The summed E-state index contributed by atoms with van der Waals surface area (Å²) in [6.45, 7) is 9.17. The summed E-state index contributed by atoms with van der Waals surface area (Å²) in [4.78, 5) is 16.7. The van der Waals surface area contributed by atoms with Gasteiger partial charge in [0.2, 0.25) is 0 Å². The highest BCUT2D eigenvalue weighted by atomic mass is 16.2. The Morgan fingerprint density at radius 3 is 2.23 bits per heavy atom. The monoisotopic (exact) mass is 415 g/mol. The molecule has 4 rings (SSSR count). The molecule has 31 heavy (non-hydrogen) atoms. The van der Waals surface area contributed by atoms with Crippen LogP contribution >= 0.6 is 0 Å². The number of rotatable bonds is 4. The third-order valence-corrected chi connectivity index (χ3v) is 5.79. The first-order valence-corrected chi connectivity index (χ1v) is 10.8. The molecule has 0 bridgehead atoms. The van der Waals surface area contributed by atoms with Gasteiger partial charge in [-0.2, -0.15) is 0 Å². The molecule has 2 aromatic carbocycles. The topological polar surface area (TPSA) is 61.4 Å². The smallest absolute Gasteiger partial charge is 0.321 e. The number of amides is 2. The van der Waals surface area contributed by atoms with E-state index in [-0.39, 0.29) is 6.03 Å². The Morgan fingerprint density at radius 1 is 0.903 bits per heavy atom. The summed E-state index contributed by atoms with van der Waals surface area (Å²) >= 11 is 0. The molecule has 1 saturated heterocycles. The molecule has 0 aliphatic carbocycles. The summed E-state index contributed by atoms with van der Waals surface area (Å²) in [7, 11) is 0. The maximum absolute atomic E-state index is 12.6. The van der Waals surface area contributed by atoms with Crippen LogP contribution in [0.15, 0.2) is 60.7 Å². The van der Waals surface area contributed by atoms with E-state index in [9.17, 15) is 4.79 Å². The predicted octanol–water partition coefficient (Wildman–Crippen LogP) is 4.93. The fourth-order valence-electron chi connectivity index (χ4n) is 3.79. The molecule has 2 amide bonds. The van der Waals surface area contributed by atoms with Gasteiger partial charge in [-0.3, -0.25) is 0 Å². The largest absolute Gasteiger partial charge is 0.352 e. The van der Waals surface area contributed by atoms with Crippen LogP contribution < -0.4 is 10.2 Å². The van der Waals surface area contributed by atoms with Gasteiger partial charge in [-0.15, -0.1) is 10.2 Å². The molecule has 1 aliphatic heterocycles. The number of nitrogens with one attached hydrogen (secondary N) is 1. The van der Waals surface area contributed by atoms with Gasteiger partial charge in [0.05, 0.1) is 5.69 Å². The molecule has 1 aliphatic rings. The van der Waals surface area contributed by atoms with Crippen molar-refractivity contribution in [3.05, 3.63) is 71.8 Å². The van der Waals surface area contributed by atoms with Crippen LogP contribution in [0.1, 0.15) is 30.9 Å². The van der Waals surface area contributed by atoms with E-state index in [1.165, 1.54) is 11.1 Å². The Hall–Kier alpha value is -3.41. The molecular weight excluding hydrogens is 386 g/mol. The number of nitrogens with zero attached hydrogens (tertiary/aromatic N) is 4. The van der Waals surface area contributed by atoms with Crippen LogP contribution in [0.25, 0.3) is 11.3 Å². The summed E-state index contributed by atoms with van der Waals surface area (Å²) in [5, 5.41) is 11.9. The van der Waals surface area contributed by atoms with E-state index in [1.807, 2.05) is 41.3 Å². The van der Waals surface area contributed by atoms with Gasteiger partial charge >= 0.3 is 6.03 Å². The molecular formula is C25H29N5O. The van der Waals surface area contributed by atoms with Crippen LogP contribution in [0.3, 0.4) is 0 Å². The zero-order valence-corrected chi connectivity index (χ0v) is 18.4. The lowest BCUT2D eigenvalue weighted by Crippen LogP contribution is -2.50. The second-order valence-corrected chi connectivity index (χ2v) is 8.27. The molecule has 0 atom stereocenters. The zero-order valence-electron chi connectivity index (χ0n) is 18.4. The van der Waals surface area contributed by atoms with Crippen LogP contribution in [-0.4, -0.2) is 47.3 Å². The van der Waals surface area contributed by atoms with Crippen molar-refractivity contribution >= 4 is 17.5 Å². The second-order valence-electron chi connectivity index (χ2n) is 8.27. The molecule has 0 spiro atoms. The van der Waals surface area contributed by atoms with Crippen molar-refractivity contribution in [2.24, 2.45) is 0 Å². The summed E-state index contributed by atoms with van der Waals surface area (Å²) in [5.41, 5.74) is 5.26. The molecule has 1 aromatic heterocycles. The Kier molecular flexibility index (Phi) is 6.16. The number of urea groups is 1. The first kappa shape index (κ1) is 20.8. The highest BCUT2D eigenvalue weighted by Gasteiger charge is 2.22. The Balaban J connectivity index is 1.33. The minimum atomic E-state index is -0.0575. The van der Waals surface area contributed by atoms with Gasteiger partial charge in [0.15, 0.2) is 5.82 Å². The molecule has 160 valence electrons. The molecule has 2 heterocycles. The number of hydrogen-bond acceptors (Lipinski definition) is 4. The van der Waals surface area contributed by atoms with Crippen molar-refractivity contribution in [3.8, 4) is 11.3 Å². The summed E-state index contributed by atoms with van der Waals surface area (Å²) < 4.78 is 0. The van der Waals surface area contributed by atoms with Crippen molar-refractivity contribution in [2.75, 3.05) is 36.4 Å². The van der Waals surface area contributed by atoms with E-state index in [4.69, 9.17) is 0 Å². The van der Waals surface area contributed by atoms with Crippen LogP contribution in [-0.2, 0) is 0 Å². The number of aryl methyl sites for hydroxylation is 1. The molecule has 6 nitrogen and oxygen atoms in total. The fourth-order valence-corrected chi connectivity index (χ4v) is 3.79. The number of anilines is 2. The number of carbonyl (C=O) groups is 1. The average Bonchev–Trinajstić information content (AvgIpc) is 2.80. The quantitative estimate of drug-likeness (QED) is 0.656. The standard InChI is InChI=1S/C25H29N5O/c1-18(2)20-8-10-21(11-9-20)26-25(31)30-16-14-29(15-17-30)24-13-12-23(27-28-24)22-7-5-4-6-19(22)3/h4-13,18H,14-17H2,1-3H3,(H,26,31). The number of piperazine rings is 1. The predicted molar refractivity (Wildman–Crippen MR) is 126 cm³/mol. The number of aromatic nitrogens is 2. The fraction of sp³-hybridized carbons (Fsp3) is 0.320. The Labute approximate surface area is 183 Å². The lowest BCUT2D eigenvalue weighted by atomic mass is 10.0. The molecule has 0 unspecified atom stereocenters. The van der Waals surface area contributed by atoms with Crippen LogP contribution in [0.4, 0.5) is 16.3 Å². The minimum Gasteiger partial charge on any atom is -0.352 e. The van der Waals surface area contributed by atoms with Crippen molar-refractivity contribution in [2.45, 2.75) is 26.7 Å². The van der Waals surface area contributed by atoms with Gasteiger partial charge in [0.25, 0.3) is 0 Å². The van der Waals surface area contributed by atoms with Gasteiger partial charge < -0.3 is 15.1 Å². The van der Waals surface area contributed by atoms with Gasteiger partial charge in [0.1, 0.15) is 0 Å². The minimum absolute atomic E-state index is 0.0575. The van der Waals surface area contributed by atoms with Gasteiger partial charge in [-0.1, -0.05) is 50.2 Å². The lowest BCUT2D eigenvalue weighted by Gasteiger charge is -2.35. The lowest BCUT2D eigenvalue weighted by molar-refractivity contribution is 0.208. The molecule has 3 aromatic rings. The van der Waals surface area contributed by atoms with Gasteiger partial charge in [-0.25, -0.2) is 4.79 Å². The third-order valence-electron chi connectivity index (χ3n) is 5.79. The number of benzene rings is 2.